The Hall–Kier alpha value is -2.00. The van der Waals surface area contributed by atoms with Crippen LogP contribution in [0.1, 0.15) is 18.9 Å². The quantitative estimate of drug-likeness (QED) is 0.673. The van der Waals surface area contributed by atoms with E-state index in [1.807, 2.05) is 5.32 Å². The highest BCUT2D eigenvalue weighted by Crippen LogP contribution is 2.39. The molecule has 2 atom stereocenters. The SMILES string of the molecule is CCOc1ccc(C2(O)CC(O)(C(F)(F)F)NC(=O)N2)cc1. The molecule has 0 spiro atoms. The number of hydrogen-bond acceptors (Lipinski definition) is 4. The Bertz CT molecular complexity index is 563. The average molecular weight is 320 g/mol. The molecule has 1 fully saturated rings. The fourth-order valence-corrected chi connectivity index (χ4v) is 2.20. The van der Waals surface area contributed by atoms with Crippen molar-refractivity contribution in [3.05, 3.63) is 29.8 Å². The maximum atomic E-state index is 12.9. The van der Waals surface area contributed by atoms with Gasteiger partial charge in [0.1, 0.15) is 5.75 Å². The van der Waals surface area contributed by atoms with E-state index in [2.05, 4.69) is 0 Å². The summed E-state index contributed by atoms with van der Waals surface area (Å²) in [7, 11) is 0. The lowest BCUT2D eigenvalue weighted by Gasteiger charge is -2.43. The molecule has 2 rings (SSSR count). The summed E-state index contributed by atoms with van der Waals surface area (Å²) in [5, 5.41) is 23.4. The minimum absolute atomic E-state index is 0.00604. The van der Waals surface area contributed by atoms with E-state index in [0.717, 1.165) is 0 Å². The van der Waals surface area contributed by atoms with Crippen LogP contribution in [-0.2, 0) is 5.72 Å². The Morgan fingerprint density at radius 2 is 1.82 bits per heavy atom. The van der Waals surface area contributed by atoms with Gasteiger partial charge < -0.3 is 25.6 Å². The van der Waals surface area contributed by atoms with Gasteiger partial charge in [-0.3, -0.25) is 0 Å². The third-order valence-corrected chi connectivity index (χ3v) is 3.26. The number of carbonyl (C=O) groups is 1. The first-order valence-electron chi connectivity index (χ1n) is 6.45. The minimum atomic E-state index is -5.13. The van der Waals surface area contributed by atoms with Crippen LogP contribution in [0.25, 0.3) is 0 Å². The van der Waals surface area contributed by atoms with Gasteiger partial charge >= 0.3 is 12.2 Å². The summed E-state index contributed by atoms with van der Waals surface area (Å²) < 4.78 is 43.9. The van der Waals surface area contributed by atoms with Gasteiger partial charge in [0.2, 0.25) is 5.72 Å². The number of benzene rings is 1. The van der Waals surface area contributed by atoms with E-state index < -0.39 is 30.1 Å². The van der Waals surface area contributed by atoms with Crippen LogP contribution in [0.5, 0.6) is 5.75 Å². The van der Waals surface area contributed by atoms with Crippen molar-refractivity contribution in [2.45, 2.75) is 31.0 Å². The molecule has 0 aliphatic carbocycles. The van der Waals surface area contributed by atoms with Crippen LogP contribution in [0.4, 0.5) is 18.0 Å². The van der Waals surface area contributed by atoms with E-state index in [-0.39, 0.29) is 5.56 Å². The summed E-state index contributed by atoms with van der Waals surface area (Å²) in [4.78, 5) is 11.4. The van der Waals surface area contributed by atoms with Gasteiger partial charge in [0.25, 0.3) is 0 Å². The molecule has 2 amide bonds. The zero-order valence-corrected chi connectivity index (χ0v) is 11.6. The number of amides is 2. The Morgan fingerprint density at radius 1 is 1.23 bits per heavy atom. The number of rotatable bonds is 3. The Labute approximate surface area is 123 Å². The third kappa shape index (κ3) is 2.95. The lowest BCUT2D eigenvalue weighted by atomic mass is 9.90. The second-order valence-electron chi connectivity index (χ2n) is 4.93. The largest absolute Gasteiger partial charge is 0.494 e. The molecule has 122 valence electrons. The molecule has 22 heavy (non-hydrogen) atoms. The summed E-state index contributed by atoms with van der Waals surface area (Å²) in [6.45, 7) is 2.16. The summed E-state index contributed by atoms with van der Waals surface area (Å²) >= 11 is 0. The van der Waals surface area contributed by atoms with Gasteiger partial charge in [-0.05, 0) is 19.1 Å². The maximum absolute atomic E-state index is 12.9. The van der Waals surface area contributed by atoms with Crippen LogP contribution in [0, 0.1) is 0 Å². The Kier molecular flexibility index (Phi) is 3.96. The number of ether oxygens (including phenoxy) is 1. The number of alkyl halides is 3. The van der Waals surface area contributed by atoms with Crippen LogP contribution in [0.15, 0.2) is 24.3 Å². The molecule has 1 heterocycles. The summed E-state index contributed by atoms with van der Waals surface area (Å²) in [5.41, 5.74) is -5.89. The van der Waals surface area contributed by atoms with Crippen molar-refractivity contribution in [2.75, 3.05) is 6.61 Å². The topological polar surface area (TPSA) is 90.8 Å². The molecule has 4 N–H and O–H groups in total. The molecule has 9 heteroatoms. The first-order chi connectivity index (χ1) is 10.1. The molecule has 1 aliphatic rings. The first-order valence-corrected chi connectivity index (χ1v) is 6.45. The number of hydrogen-bond donors (Lipinski definition) is 4. The van der Waals surface area contributed by atoms with Crippen molar-refractivity contribution >= 4 is 6.03 Å². The van der Waals surface area contributed by atoms with Gasteiger partial charge in [-0.2, -0.15) is 13.2 Å². The normalized spacial score (nSPS) is 28.7. The van der Waals surface area contributed by atoms with E-state index in [1.165, 1.54) is 29.6 Å². The number of carbonyl (C=O) groups excluding carboxylic acids is 1. The van der Waals surface area contributed by atoms with E-state index in [9.17, 15) is 28.2 Å². The van der Waals surface area contributed by atoms with Gasteiger partial charge in [0, 0.05) is 5.56 Å². The van der Waals surface area contributed by atoms with E-state index in [4.69, 9.17) is 4.74 Å². The van der Waals surface area contributed by atoms with Crippen LogP contribution < -0.4 is 15.4 Å². The van der Waals surface area contributed by atoms with Crippen LogP contribution in [0.2, 0.25) is 0 Å². The molecule has 0 saturated carbocycles. The maximum Gasteiger partial charge on any atom is 0.436 e. The zero-order chi connectivity index (χ0) is 16.6. The van der Waals surface area contributed by atoms with Crippen LogP contribution >= 0.6 is 0 Å². The van der Waals surface area contributed by atoms with Gasteiger partial charge in [-0.15, -0.1) is 0 Å². The van der Waals surface area contributed by atoms with Crippen molar-refractivity contribution < 1.29 is 32.9 Å². The highest BCUT2D eigenvalue weighted by Gasteiger charge is 2.61. The van der Waals surface area contributed by atoms with Crippen molar-refractivity contribution in [1.82, 2.24) is 10.6 Å². The van der Waals surface area contributed by atoms with Gasteiger partial charge in [0.15, 0.2) is 5.72 Å². The van der Waals surface area contributed by atoms with Crippen molar-refractivity contribution in [3.8, 4) is 5.75 Å². The molecule has 0 aromatic heterocycles. The smallest absolute Gasteiger partial charge is 0.436 e. The number of nitrogens with one attached hydrogen (secondary N) is 2. The molecule has 6 nitrogen and oxygen atoms in total. The molecular formula is C13H15F3N2O4. The van der Waals surface area contributed by atoms with Crippen LogP contribution in [0.3, 0.4) is 0 Å². The second kappa shape index (κ2) is 5.33. The van der Waals surface area contributed by atoms with Crippen molar-refractivity contribution in [2.24, 2.45) is 0 Å². The van der Waals surface area contributed by atoms with Gasteiger partial charge in [-0.25, -0.2) is 4.79 Å². The number of halogens is 3. The molecule has 2 unspecified atom stereocenters. The van der Waals surface area contributed by atoms with Crippen LogP contribution in [-0.4, -0.2) is 34.8 Å². The fourth-order valence-electron chi connectivity index (χ4n) is 2.20. The number of aliphatic hydroxyl groups is 2. The lowest BCUT2D eigenvalue weighted by molar-refractivity contribution is -0.291. The molecule has 1 aromatic carbocycles. The summed E-state index contributed by atoms with van der Waals surface area (Å²) in [6.07, 6.45) is -6.33. The second-order valence-corrected chi connectivity index (χ2v) is 4.93. The highest BCUT2D eigenvalue weighted by molar-refractivity contribution is 5.77. The van der Waals surface area contributed by atoms with Crippen molar-refractivity contribution in [3.63, 3.8) is 0 Å². The van der Waals surface area contributed by atoms with Gasteiger partial charge in [0.05, 0.1) is 13.0 Å². The molecule has 0 radical (unpaired) electrons. The van der Waals surface area contributed by atoms with E-state index in [0.29, 0.717) is 12.4 Å². The molecule has 1 aliphatic heterocycles. The lowest BCUT2D eigenvalue weighted by Crippen LogP contribution is -2.71. The van der Waals surface area contributed by atoms with Gasteiger partial charge in [-0.1, -0.05) is 12.1 Å². The predicted molar refractivity (Wildman–Crippen MR) is 68.8 cm³/mol. The standard InChI is InChI=1S/C13H15F3N2O4/c1-2-22-9-5-3-8(4-6-9)11(20)7-12(21,13(14,15)16)18-10(19)17-11/h3-6,20-21H,2,7H2,1H3,(H2,17,18,19). The molecular weight excluding hydrogens is 305 g/mol. The molecule has 0 bridgehead atoms. The summed E-state index contributed by atoms with van der Waals surface area (Å²) in [6, 6.07) is 4.18. The van der Waals surface area contributed by atoms with E-state index in [1.54, 1.807) is 6.92 Å². The van der Waals surface area contributed by atoms with Crippen molar-refractivity contribution in [1.29, 1.82) is 0 Å². The fraction of sp³-hybridized carbons (Fsp3) is 0.462. The average Bonchev–Trinajstić information content (AvgIpc) is 2.37. The Morgan fingerprint density at radius 3 is 2.32 bits per heavy atom. The first kappa shape index (κ1) is 16.4. The summed E-state index contributed by atoms with van der Waals surface area (Å²) in [5.74, 6) is 0.459. The molecule has 1 aromatic rings. The molecule has 1 saturated heterocycles. The monoisotopic (exact) mass is 320 g/mol. The third-order valence-electron chi connectivity index (χ3n) is 3.26. The Balaban J connectivity index is 2.33. The number of urea groups is 1. The zero-order valence-electron chi connectivity index (χ0n) is 11.6. The minimum Gasteiger partial charge on any atom is -0.494 e. The predicted octanol–water partition coefficient (Wildman–Crippen LogP) is 1.18. The van der Waals surface area contributed by atoms with E-state index >= 15 is 0 Å². The highest BCUT2D eigenvalue weighted by atomic mass is 19.4.